The second kappa shape index (κ2) is 8.10. The van der Waals surface area contributed by atoms with Crippen molar-refractivity contribution in [2.24, 2.45) is 0 Å². The maximum absolute atomic E-state index is 11.9. The maximum Gasteiger partial charge on any atom is 0.321 e. The number of hydrogen-bond acceptors (Lipinski definition) is 3. The smallest absolute Gasteiger partial charge is 0.321 e. The number of hydrogen-bond donors (Lipinski definition) is 2. The molecule has 1 aromatic carbocycles. The van der Waals surface area contributed by atoms with Gasteiger partial charge in [-0.3, -0.25) is 4.79 Å². The summed E-state index contributed by atoms with van der Waals surface area (Å²) in [6.45, 7) is 1.24. The number of carbonyl (C=O) groups is 2. The molecular formula is C13H19N3O3. The van der Waals surface area contributed by atoms with Crippen molar-refractivity contribution < 1.29 is 14.3 Å². The normalized spacial score (nSPS) is 9.79. The van der Waals surface area contributed by atoms with E-state index in [0.29, 0.717) is 30.9 Å². The topological polar surface area (TPSA) is 70.7 Å². The van der Waals surface area contributed by atoms with Crippen LogP contribution >= 0.6 is 0 Å². The van der Waals surface area contributed by atoms with Gasteiger partial charge in [0.1, 0.15) is 0 Å². The number of nitrogens with zero attached hydrogens (tertiary/aromatic N) is 1. The zero-order valence-electron chi connectivity index (χ0n) is 11.2. The van der Waals surface area contributed by atoms with Crippen LogP contribution in [0.15, 0.2) is 24.3 Å². The zero-order valence-corrected chi connectivity index (χ0v) is 11.2. The molecule has 6 nitrogen and oxygen atoms in total. The van der Waals surface area contributed by atoms with Crippen LogP contribution < -0.4 is 10.6 Å². The van der Waals surface area contributed by atoms with Gasteiger partial charge in [0.2, 0.25) is 6.41 Å². The lowest BCUT2D eigenvalue weighted by molar-refractivity contribution is -0.105. The van der Waals surface area contributed by atoms with Crippen LogP contribution in [0, 0.1) is 0 Å². The van der Waals surface area contributed by atoms with E-state index in [2.05, 4.69) is 10.6 Å². The average Bonchev–Trinajstić information content (AvgIpc) is 2.39. The van der Waals surface area contributed by atoms with E-state index in [9.17, 15) is 9.59 Å². The number of methoxy groups -OCH3 is 1. The molecule has 19 heavy (non-hydrogen) atoms. The number of urea groups is 1. The molecule has 0 atom stereocenters. The molecule has 0 heterocycles. The van der Waals surface area contributed by atoms with Crippen LogP contribution in [0.4, 0.5) is 16.2 Å². The minimum atomic E-state index is -0.195. The second-order valence-corrected chi connectivity index (χ2v) is 4.04. The highest BCUT2D eigenvalue weighted by atomic mass is 16.5. The molecule has 0 aliphatic carbocycles. The van der Waals surface area contributed by atoms with Crippen molar-refractivity contribution in [1.82, 2.24) is 4.90 Å². The first-order chi connectivity index (χ1) is 9.17. The fraction of sp³-hybridized carbons (Fsp3) is 0.385. The molecule has 0 saturated carbocycles. The number of amides is 3. The molecule has 0 bridgehead atoms. The molecule has 104 valence electrons. The van der Waals surface area contributed by atoms with Gasteiger partial charge < -0.3 is 20.3 Å². The van der Waals surface area contributed by atoms with Crippen molar-refractivity contribution in [1.29, 1.82) is 0 Å². The fourth-order valence-corrected chi connectivity index (χ4v) is 1.52. The largest absolute Gasteiger partial charge is 0.385 e. The number of anilines is 2. The van der Waals surface area contributed by atoms with E-state index in [1.54, 1.807) is 43.3 Å². The molecule has 1 rings (SSSR count). The van der Waals surface area contributed by atoms with Crippen molar-refractivity contribution in [3.8, 4) is 0 Å². The van der Waals surface area contributed by atoms with Crippen LogP contribution in [-0.2, 0) is 9.53 Å². The number of nitrogens with one attached hydrogen (secondary N) is 2. The molecule has 3 amide bonds. The molecular weight excluding hydrogens is 246 g/mol. The van der Waals surface area contributed by atoms with Gasteiger partial charge >= 0.3 is 6.03 Å². The van der Waals surface area contributed by atoms with Gasteiger partial charge in [0.05, 0.1) is 0 Å². The second-order valence-electron chi connectivity index (χ2n) is 4.04. The third-order valence-electron chi connectivity index (χ3n) is 2.53. The third-order valence-corrected chi connectivity index (χ3v) is 2.53. The number of carbonyl (C=O) groups excluding carboxylic acids is 2. The quantitative estimate of drug-likeness (QED) is 0.583. The Balaban J connectivity index is 2.51. The first-order valence-electron chi connectivity index (χ1n) is 5.98. The third kappa shape index (κ3) is 5.39. The van der Waals surface area contributed by atoms with Gasteiger partial charge in [0, 0.05) is 38.7 Å². The SMILES string of the molecule is COCCCN(C)C(=O)Nc1cccc(NC=O)c1. The highest BCUT2D eigenvalue weighted by Crippen LogP contribution is 2.14. The molecule has 0 aliphatic heterocycles. The molecule has 1 aromatic rings. The van der Waals surface area contributed by atoms with Gasteiger partial charge in [-0.15, -0.1) is 0 Å². The maximum atomic E-state index is 11.9. The van der Waals surface area contributed by atoms with Crippen molar-refractivity contribution in [3.63, 3.8) is 0 Å². The molecule has 0 saturated heterocycles. The molecule has 0 aliphatic rings. The Kier molecular flexibility index (Phi) is 6.38. The average molecular weight is 265 g/mol. The predicted octanol–water partition coefficient (Wildman–Crippen LogP) is 1.76. The van der Waals surface area contributed by atoms with E-state index in [-0.39, 0.29) is 6.03 Å². The Morgan fingerprint density at radius 2 is 2.16 bits per heavy atom. The van der Waals surface area contributed by atoms with Crippen LogP contribution in [-0.4, -0.2) is 44.7 Å². The van der Waals surface area contributed by atoms with Crippen LogP contribution in [0.5, 0.6) is 0 Å². The fourth-order valence-electron chi connectivity index (χ4n) is 1.52. The van der Waals surface area contributed by atoms with Crippen molar-refractivity contribution in [2.75, 3.05) is 37.9 Å². The summed E-state index contributed by atoms with van der Waals surface area (Å²) in [6, 6.07) is 6.75. The van der Waals surface area contributed by atoms with Crippen molar-refractivity contribution >= 4 is 23.8 Å². The highest BCUT2D eigenvalue weighted by Gasteiger charge is 2.08. The molecule has 2 N–H and O–H groups in total. The van der Waals surface area contributed by atoms with Crippen LogP contribution in [0.3, 0.4) is 0 Å². The van der Waals surface area contributed by atoms with E-state index < -0.39 is 0 Å². The standard InChI is InChI=1S/C13H19N3O3/c1-16(7-4-8-19-2)13(18)15-12-6-3-5-11(9-12)14-10-17/h3,5-6,9-10H,4,7-8H2,1-2H3,(H,14,17)(H,15,18). The molecule has 0 unspecified atom stereocenters. The summed E-state index contributed by atoms with van der Waals surface area (Å²) < 4.78 is 4.93. The Labute approximate surface area is 112 Å². The zero-order chi connectivity index (χ0) is 14.1. The van der Waals surface area contributed by atoms with Crippen LogP contribution in [0.1, 0.15) is 6.42 Å². The van der Waals surface area contributed by atoms with Gasteiger partial charge in [0.15, 0.2) is 0 Å². The summed E-state index contributed by atoms with van der Waals surface area (Å²) in [7, 11) is 3.35. The number of rotatable bonds is 7. The summed E-state index contributed by atoms with van der Waals surface area (Å²) in [5.41, 5.74) is 1.27. The lowest BCUT2D eigenvalue weighted by Crippen LogP contribution is -2.32. The van der Waals surface area contributed by atoms with E-state index >= 15 is 0 Å². The van der Waals surface area contributed by atoms with Gasteiger partial charge in [0.25, 0.3) is 0 Å². The molecule has 0 fully saturated rings. The minimum Gasteiger partial charge on any atom is -0.385 e. The Morgan fingerprint density at radius 3 is 2.84 bits per heavy atom. The van der Waals surface area contributed by atoms with Crippen LogP contribution in [0.25, 0.3) is 0 Å². The van der Waals surface area contributed by atoms with Gasteiger partial charge in [-0.05, 0) is 24.6 Å². The molecule has 0 aromatic heterocycles. The van der Waals surface area contributed by atoms with E-state index in [1.165, 1.54) is 0 Å². The predicted molar refractivity (Wildman–Crippen MR) is 74.3 cm³/mol. The van der Waals surface area contributed by atoms with Crippen LogP contribution in [0.2, 0.25) is 0 Å². The summed E-state index contributed by atoms with van der Waals surface area (Å²) in [5.74, 6) is 0. The molecule has 0 spiro atoms. The van der Waals surface area contributed by atoms with Crippen molar-refractivity contribution in [3.05, 3.63) is 24.3 Å². The number of ether oxygens (including phenoxy) is 1. The van der Waals surface area contributed by atoms with Gasteiger partial charge in [-0.2, -0.15) is 0 Å². The summed E-state index contributed by atoms with van der Waals surface area (Å²) >= 11 is 0. The van der Waals surface area contributed by atoms with E-state index in [1.807, 2.05) is 0 Å². The lowest BCUT2D eigenvalue weighted by Gasteiger charge is -2.18. The summed E-state index contributed by atoms with van der Waals surface area (Å²) in [6.07, 6.45) is 1.38. The minimum absolute atomic E-state index is 0.195. The molecule has 6 heteroatoms. The first kappa shape index (κ1) is 15.0. The lowest BCUT2D eigenvalue weighted by atomic mass is 10.3. The summed E-state index contributed by atoms with van der Waals surface area (Å²) in [5, 5.41) is 5.29. The van der Waals surface area contributed by atoms with Gasteiger partial charge in [-0.1, -0.05) is 6.07 Å². The van der Waals surface area contributed by atoms with Gasteiger partial charge in [-0.25, -0.2) is 4.79 Å². The molecule has 0 radical (unpaired) electrons. The Hall–Kier alpha value is -2.08. The van der Waals surface area contributed by atoms with Crippen molar-refractivity contribution in [2.45, 2.75) is 6.42 Å². The summed E-state index contributed by atoms with van der Waals surface area (Å²) in [4.78, 5) is 23.8. The Bertz CT molecular complexity index is 423. The Morgan fingerprint density at radius 1 is 1.42 bits per heavy atom. The van der Waals surface area contributed by atoms with E-state index in [4.69, 9.17) is 4.74 Å². The first-order valence-corrected chi connectivity index (χ1v) is 5.98. The van der Waals surface area contributed by atoms with E-state index in [0.717, 1.165) is 6.42 Å². The highest BCUT2D eigenvalue weighted by molar-refractivity contribution is 5.90. The number of benzene rings is 1. The monoisotopic (exact) mass is 265 g/mol.